The number of fused-ring (bicyclic) bond motifs is 1. The van der Waals surface area contributed by atoms with Crippen LogP contribution in [0.1, 0.15) is 5.56 Å². The largest absolute Gasteiger partial charge is 0.340 e. The van der Waals surface area contributed by atoms with Crippen molar-refractivity contribution in [2.24, 2.45) is 0 Å². The second-order valence-electron chi connectivity index (χ2n) is 3.87. The number of nitrogens with one attached hydrogen (secondary N) is 2. The predicted molar refractivity (Wildman–Crippen MR) is 76.1 cm³/mol. The molecule has 0 saturated heterocycles. The molecular formula is C12H6Cl2N6. The van der Waals surface area contributed by atoms with Gasteiger partial charge < -0.3 is 10.3 Å². The number of nitrogens with zero attached hydrogens (tertiary/aromatic N) is 4. The van der Waals surface area contributed by atoms with E-state index in [0.717, 1.165) is 0 Å². The second-order valence-corrected chi connectivity index (χ2v) is 4.64. The summed E-state index contributed by atoms with van der Waals surface area (Å²) in [6.45, 7) is 0. The van der Waals surface area contributed by atoms with Crippen LogP contribution in [0.5, 0.6) is 0 Å². The molecule has 0 radical (unpaired) electrons. The van der Waals surface area contributed by atoms with Gasteiger partial charge in [-0.05, 0) is 29.8 Å². The second kappa shape index (κ2) is 4.96. The molecular weight excluding hydrogens is 299 g/mol. The zero-order valence-corrected chi connectivity index (χ0v) is 11.4. The van der Waals surface area contributed by atoms with Gasteiger partial charge in [0.25, 0.3) is 0 Å². The summed E-state index contributed by atoms with van der Waals surface area (Å²) in [5.41, 5.74) is 2.01. The summed E-state index contributed by atoms with van der Waals surface area (Å²) < 4.78 is 0. The van der Waals surface area contributed by atoms with E-state index in [1.165, 1.54) is 6.33 Å². The molecule has 0 aliphatic rings. The third-order valence-electron chi connectivity index (χ3n) is 2.61. The molecule has 0 aliphatic heterocycles. The van der Waals surface area contributed by atoms with Gasteiger partial charge in [-0.3, -0.25) is 0 Å². The highest BCUT2D eigenvalue weighted by atomic mass is 35.5. The van der Waals surface area contributed by atoms with E-state index in [1.807, 2.05) is 0 Å². The summed E-state index contributed by atoms with van der Waals surface area (Å²) in [6.07, 6.45) is 1.49. The van der Waals surface area contributed by atoms with Crippen LogP contribution in [0.2, 0.25) is 10.3 Å². The number of halogens is 2. The number of H-pyrrole nitrogens is 1. The van der Waals surface area contributed by atoms with E-state index in [1.54, 1.807) is 18.2 Å². The van der Waals surface area contributed by atoms with Crippen LogP contribution in [0, 0.1) is 11.3 Å². The summed E-state index contributed by atoms with van der Waals surface area (Å²) >= 11 is 11.8. The lowest BCUT2D eigenvalue weighted by Gasteiger charge is -2.08. The summed E-state index contributed by atoms with van der Waals surface area (Å²) in [5.74, 6) is 0.427. The number of imidazole rings is 1. The summed E-state index contributed by atoms with van der Waals surface area (Å²) in [7, 11) is 0. The molecule has 8 heteroatoms. The minimum atomic E-state index is 0.0626. The Morgan fingerprint density at radius 2 is 2.10 bits per heavy atom. The Labute approximate surface area is 123 Å². The zero-order chi connectivity index (χ0) is 14.1. The Morgan fingerprint density at radius 1 is 1.25 bits per heavy atom. The van der Waals surface area contributed by atoms with E-state index in [2.05, 4.69) is 31.3 Å². The monoisotopic (exact) mass is 304 g/mol. The van der Waals surface area contributed by atoms with Gasteiger partial charge in [0, 0.05) is 5.02 Å². The fourth-order valence-corrected chi connectivity index (χ4v) is 2.08. The Balaban J connectivity index is 2.12. The number of aromatic amines is 1. The van der Waals surface area contributed by atoms with Crippen LogP contribution in [0.25, 0.3) is 11.2 Å². The van der Waals surface area contributed by atoms with Crippen LogP contribution in [0.15, 0.2) is 24.5 Å². The lowest BCUT2D eigenvalue weighted by Crippen LogP contribution is -1.99. The van der Waals surface area contributed by atoms with Gasteiger partial charge in [0.05, 0.1) is 17.6 Å². The summed E-state index contributed by atoms with van der Waals surface area (Å²) in [5, 5.41) is 12.7. The first-order chi connectivity index (χ1) is 9.67. The van der Waals surface area contributed by atoms with Gasteiger partial charge in [-0.1, -0.05) is 11.6 Å². The lowest BCUT2D eigenvalue weighted by molar-refractivity contribution is 1.20. The minimum Gasteiger partial charge on any atom is -0.340 e. The predicted octanol–water partition coefficient (Wildman–Crippen LogP) is 3.27. The molecule has 1 aromatic carbocycles. The molecule has 2 N–H and O–H groups in total. The topological polar surface area (TPSA) is 90.3 Å². The van der Waals surface area contributed by atoms with Crippen LogP contribution < -0.4 is 5.32 Å². The third kappa shape index (κ3) is 2.25. The van der Waals surface area contributed by atoms with Crippen molar-refractivity contribution >= 4 is 45.9 Å². The fraction of sp³-hybridized carbons (Fsp3) is 0. The Morgan fingerprint density at radius 3 is 2.90 bits per heavy atom. The van der Waals surface area contributed by atoms with Gasteiger partial charge in [0.2, 0.25) is 5.28 Å². The van der Waals surface area contributed by atoms with Crippen molar-refractivity contribution in [3.63, 3.8) is 0 Å². The van der Waals surface area contributed by atoms with Crippen LogP contribution in [0.4, 0.5) is 11.5 Å². The number of rotatable bonds is 2. The van der Waals surface area contributed by atoms with E-state index >= 15 is 0 Å². The van der Waals surface area contributed by atoms with Crippen molar-refractivity contribution in [1.29, 1.82) is 5.26 Å². The minimum absolute atomic E-state index is 0.0626. The van der Waals surface area contributed by atoms with Crippen LogP contribution >= 0.6 is 23.2 Å². The Bertz CT molecular complexity index is 836. The molecule has 0 unspecified atom stereocenters. The maximum absolute atomic E-state index is 9.10. The van der Waals surface area contributed by atoms with Crippen molar-refractivity contribution in [2.75, 3.05) is 5.32 Å². The number of aromatic nitrogens is 4. The van der Waals surface area contributed by atoms with E-state index in [-0.39, 0.29) is 5.28 Å². The highest BCUT2D eigenvalue weighted by molar-refractivity contribution is 6.31. The normalized spacial score (nSPS) is 10.4. The Kier molecular flexibility index (Phi) is 3.14. The molecule has 0 saturated carbocycles. The van der Waals surface area contributed by atoms with Gasteiger partial charge in [0.15, 0.2) is 11.5 Å². The molecule has 0 atom stereocenters. The molecule has 3 rings (SSSR count). The molecule has 0 fully saturated rings. The standard InChI is InChI=1S/C12H6Cl2N6/c13-7-2-1-6(4-15)8(3-7)18-11-9-10(17-5-16-9)19-12(14)20-11/h1-3,5H,(H2,16,17,18,19,20). The molecule has 2 heterocycles. The van der Waals surface area contributed by atoms with Crippen molar-refractivity contribution < 1.29 is 0 Å². The maximum atomic E-state index is 9.10. The number of hydrogen-bond donors (Lipinski definition) is 2. The number of anilines is 2. The molecule has 0 aliphatic carbocycles. The van der Waals surface area contributed by atoms with Gasteiger partial charge in [-0.2, -0.15) is 15.2 Å². The van der Waals surface area contributed by atoms with Gasteiger partial charge >= 0.3 is 0 Å². The summed E-state index contributed by atoms with van der Waals surface area (Å²) in [4.78, 5) is 15.0. The van der Waals surface area contributed by atoms with Crippen LogP contribution in [-0.4, -0.2) is 19.9 Å². The van der Waals surface area contributed by atoms with Crippen LogP contribution in [0.3, 0.4) is 0 Å². The molecule has 2 aromatic heterocycles. The highest BCUT2D eigenvalue weighted by Gasteiger charge is 2.11. The van der Waals surface area contributed by atoms with Crippen molar-refractivity contribution in [3.05, 3.63) is 40.4 Å². The molecule has 6 nitrogen and oxygen atoms in total. The molecule has 98 valence electrons. The first-order valence-electron chi connectivity index (χ1n) is 5.50. The average Bonchev–Trinajstić information content (AvgIpc) is 2.87. The lowest BCUT2D eigenvalue weighted by atomic mass is 10.2. The Hall–Kier alpha value is -2.36. The zero-order valence-electron chi connectivity index (χ0n) is 9.85. The average molecular weight is 305 g/mol. The van der Waals surface area contributed by atoms with Gasteiger partial charge in [-0.25, -0.2) is 4.98 Å². The van der Waals surface area contributed by atoms with Crippen molar-refractivity contribution in [3.8, 4) is 6.07 Å². The van der Waals surface area contributed by atoms with Crippen LogP contribution in [-0.2, 0) is 0 Å². The smallest absolute Gasteiger partial charge is 0.226 e. The maximum Gasteiger partial charge on any atom is 0.226 e. The number of nitriles is 1. The molecule has 0 spiro atoms. The van der Waals surface area contributed by atoms with Gasteiger partial charge in [-0.15, -0.1) is 0 Å². The summed E-state index contributed by atoms with van der Waals surface area (Å²) in [6, 6.07) is 6.98. The van der Waals surface area contributed by atoms with Crippen molar-refractivity contribution in [1.82, 2.24) is 19.9 Å². The third-order valence-corrected chi connectivity index (χ3v) is 3.02. The first-order valence-corrected chi connectivity index (χ1v) is 6.26. The molecule has 20 heavy (non-hydrogen) atoms. The van der Waals surface area contributed by atoms with E-state index in [4.69, 9.17) is 28.5 Å². The quantitative estimate of drug-likeness (QED) is 0.709. The fourth-order valence-electron chi connectivity index (χ4n) is 1.74. The number of benzene rings is 1. The van der Waals surface area contributed by atoms with Crippen molar-refractivity contribution in [2.45, 2.75) is 0 Å². The molecule has 0 amide bonds. The molecule has 0 bridgehead atoms. The van der Waals surface area contributed by atoms with E-state index in [0.29, 0.717) is 33.3 Å². The van der Waals surface area contributed by atoms with E-state index < -0.39 is 0 Å². The first kappa shape index (κ1) is 12.7. The SMILES string of the molecule is N#Cc1ccc(Cl)cc1Nc1nc(Cl)nc2nc[nH]c12. The highest BCUT2D eigenvalue weighted by Crippen LogP contribution is 2.27. The number of hydrogen-bond acceptors (Lipinski definition) is 5. The molecule has 3 aromatic rings. The van der Waals surface area contributed by atoms with Gasteiger partial charge in [0.1, 0.15) is 11.6 Å². The van der Waals surface area contributed by atoms with E-state index in [9.17, 15) is 0 Å².